The first-order chi connectivity index (χ1) is 32.6. The van der Waals surface area contributed by atoms with Crippen LogP contribution in [0.2, 0.25) is 0 Å². The number of para-hydroxylation sites is 8. The molecule has 0 aromatic heterocycles. The minimum absolute atomic E-state index is 1.12. The van der Waals surface area contributed by atoms with E-state index in [-0.39, 0.29) is 0 Å². The fourth-order valence-electron chi connectivity index (χ4n) is 10.7. The average Bonchev–Trinajstić information content (AvgIpc) is 3.38. The van der Waals surface area contributed by atoms with Crippen molar-refractivity contribution < 1.29 is 0 Å². The normalized spacial score (nSPS) is 12.9. The Bertz CT molecular complexity index is 3610. The van der Waals surface area contributed by atoms with Crippen molar-refractivity contribution in [3.8, 4) is 33.4 Å². The molecule has 4 nitrogen and oxygen atoms in total. The molecule has 11 aromatic rings. The standard InChI is InChI=1S/C62H44N4/c1-63-53-21-9-13-25-57(53)65(58-26-14-10-22-54(58)63)47-34-36-50-51(39-47)61(42-19-7-4-8-20-42)49-35-33-48(66-59-27-15-11-23-55(59)64(2)56-24-12-16-28-60(56)66)40-52(49)62(50)46-32-31-44-37-43(29-30-45(44)38-46)41-17-5-3-6-18-41/h3-40H,1-2H3. The number of hydrogen-bond acceptors (Lipinski definition) is 4. The quantitative estimate of drug-likeness (QED) is 0.160. The molecule has 0 aliphatic carbocycles. The van der Waals surface area contributed by atoms with Crippen LogP contribution in [0.1, 0.15) is 0 Å². The molecule has 0 unspecified atom stereocenters. The van der Waals surface area contributed by atoms with Gasteiger partial charge < -0.3 is 19.6 Å². The Labute approximate surface area is 385 Å². The SMILES string of the molecule is CN1c2ccccc2N(c2ccc3c(-c4ccc5cc(-c6ccccc6)ccc5c4)c4cc(N5c6ccccc6N(C)c6ccccc65)ccc4c(-c4ccccc4)c3c2)c2ccccc21. The van der Waals surface area contributed by atoms with Gasteiger partial charge in [-0.25, -0.2) is 0 Å². The van der Waals surface area contributed by atoms with Crippen LogP contribution in [0.15, 0.2) is 231 Å². The predicted octanol–water partition coefficient (Wildman–Crippen LogP) is 17.2. The molecule has 2 heterocycles. The Balaban J connectivity index is 1.11. The number of benzene rings is 11. The summed E-state index contributed by atoms with van der Waals surface area (Å²) in [6.07, 6.45) is 0. The Morgan fingerprint density at radius 1 is 0.242 bits per heavy atom. The molecule has 13 rings (SSSR count). The molecule has 0 N–H and O–H groups in total. The van der Waals surface area contributed by atoms with E-state index in [1.165, 1.54) is 88.4 Å². The summed E-state index contributed by atoms with van der Waals surface area (Å²) >= 11 is 0. The van der Waals surface area contributed by atoms with Crippen molar-refractivity contribution >= 4 is 89.2 Å². The lowest BCUT2D eigenvalue weighted by atomic mass is 9.84. The number of fused-ring (bicyclic) bond motifs is 7. The molecular weight excluding hydrogens is 801 g/mol. The van der Waals surface area contributed by atoms with E-state index in [0.717, 1.165) is 34.1 Å². The number of nitrogens with zero attached hydrogens (tertiary/aromatic N) is 4. The zero-order chi connectivity index (χ0) is 43.9. The van der Waals surface area contributed by atoms with Crippen LogP contribution in [0.3, 0.4) is 0 Å². The minimum atomic E-state index is 1.12. The number of rotatable bonds is 5. The van der Waals surface area contributed by atoms with Crippen molar-refractivity contribution in [2.75, 3.05) is 33.7 Å². The Morgan fingerprint density at radius 3 is 1.03 bits per heavy atom. The van der Waals surface area contributed by atoms with Crippen LogP contribution < -0.4 is 19.6 Å². The fraction of sp³-hybridized carbons (Fsp3) is 0.0323. The Kier molecular flexibility index (Phi) is 8.62. The molecule has 0 bridgehead atoms. The zero-order valence-corrected chi connectivity index (χ0v) is 36.7. The second kappa shape index (κ2) is 15.0. The minimum Gasteiger partial charge on any atom is -0.341 e. The highest BCUT2D eigenvalue weighted by atomic mass is 15.3. The highest BCUT2D eigenvalue weighted by molar-refractivity contribution is 6.23. The highest BCUT2D eigenvalue weighted by Gasteiger charge is 2.30. The van der Waals surface area contributed by atoms with Gasteiger partial charge in [0.25, 0.3) is 0 Å². The second-order valence-corrected chi connectivity index (χ2v) is 17.5. The van der Waals surface area contributed by atoms with Gasteiger partial charge in [-0.2, -0.15) is 0 Å². The topological polar surface area (TPSA) is 13.0 Å². The van der Waals surface area contributed by atoms with Gasteiger partial charge >= 0.3 is 0 Å². The smallest absolute Gasteiger partial charge is 0.0699 e. The molecule has 0 saturated carbocycles. The zero-order valence-electron chi connectivity index (χ0n) is 36.7. The van der Waals surface area contributed by atoms with Crippen LogP contribution in [0.4, 0.5) is 56.9 Å². The van der Waals surface area contributed by atoms with E-state index < -0.39 is 0 Å². The first-order valence-corrected chi connectivity index (χ1v) is 22.7. The molecule has 2 aliphatic heterocycles. The molecule has 0 atom stereocenters. The highest BCUT2D eigenvalue weighted by Crippen LogP contribution is 2.55. The van der Waals surface area contributed by atoms with Gasteiger partial charge in [0.05, 0.1) is 45.5 Å². The van der Waals surface area contributed by atoms with Crippen LogP contribution in [0, 0.1) is 0 Å². The molecule has 0 saturated heterocycles. The van der Waals surface area contributed by atoms with E-state index >= 15 is 0 Å². The van der Waals surface area contributed by atoms with Gasteiger partial charge in [0, 0.05) is 25.5 Å². The Hall–Kier alpha value is -8.60. The molecule has 2 aliphatic rings. The van der Waals surface area contributed by atoms with Gasteiger partial charge in [-0.1, -0.05) is 146 Å². The molecule has 66 heavy (non-hydrogen) atoms. The third kappa shape index (κ3) is 5.85. The molecule has 4 heteroatoms. The van der Waals surface area contributed by atoms with Crippen molar-refractivity contribution in [3.63, 3.8) is 0 Å². The van der Waals surface area contributed by atoms with Crippen molar-refractivity contribution in [1.29, 1.82) is 0 Å². The Morgan fingerprint density at radius 2 is 0.591 bits per heavy atom. The molecule has 0 fully saturated rings. The van der Waals surface area contributed by atoms with Gasteiger partial charge in [0.15, 0.2) is 0 Å². The molecular formula is C62H44N4. The summed E-state index contributed by atoms with van der Waals surface area (Å²) in [7, 11) is 4.34. The molecule has 11 aromatic carbocycles. The average molecular weight is 845 g/mol. The van der Waals surface area contributed by atoms with Crippen molar-refractivity contribution in [3.05, 3.63) is 231 Å². The van der Waals surface area contributed by atoms with Crippen LogP contribution >= 0.6 is 0 Å². The second-order valence-electron chi connectivity index (χ2n) is 17.5. The van der Waals surface area contributed by atoms with Crippen LogP contribution in [-0.2, 0) is 0 Å². The van der Waals surface area contributed by atoms with Crippen LogP contribution in [0.5, 0.6) is 0 Å². The maximum absolute atomic E-state index is 2.44. The molecule has 0 amide bonds. The van der Waals surface area contributed by atoms with E-state index in [1.54, 1.807) is 0 Å². The summed E-state index contributed by atoms with van der Waals surface area (Å²) in [5.74, 6) is 0. The van der Waals surface area contributed by atoms with Crippen molar-refractivity contribution in [2.24, 2.45) is 0 Å². The lowest BCUT2D eigenvalue weighted by Gasteiger charge is -2.39. The summed E-state index contributed by atoms with van der Waals surface area (Å²) in [6.45, 7) is 0. The summed E-state index contributed by atoms with van der Waals surface area (Å²) in [6, 6.07) is 84.8. The predicted molar refractivity (Wildman–Crippen MR) is 281 cm³/mol. The van der Waals surface area contributed by atoms with Gasteiger partial charge in [0.2, 0.25) is 0 Å². The van der Waals surface area contributed by atoms with Crippen LogP contribution in [0.25, 0.3) is 65.7 Å². The van der Waals surface area contributed by atoms with Gasteiger partial charge in [-0.15, -0.1) is 0 Å². The van der Waals surface area contributed by atoms with E-state index in [2.05, 4.69) is 264 Å². The molecule has 312 valence electrons. The summed E-state index contributed by atoms with van der Waals surface area (Å²) in [5, 5.41) is 7.25. The lowest BCUT2D eigenvalue weighted by molar-refractivity contribution is 1.13. The van der Waals surface area contributed by atoms with Crippen molar-refractivity contribution in [1.82, 2.24) is 0 Å². The number of hydrogen-bond donors (Lipinski definition) is 0. The third-order valence-corrected chi connectivity index (χ3v) is 13.8. The van der Waals surface area contributed by atoms with Gasteiger partial charge in [-0.3, -0.25) is 0 Å². The maximum atomic E-state index is 2.44. The largest absolute Gasteiger partial charge is 0.341 e. The van der Waals surface area contributed by atoms with Gasteiger partial charge in [-0.05, 0) is 151 Å². The summed E-state index contributed by atoms with van der Waals surface area (Å²) in [4.78, 5) is 9.49. The maximum Gasteiger partial charge on any atom is 0.0699 e. The first kappa shape index (κ1) is 37.9. The summed E-state index contributed by atoms with van der Waals surface area (Å²) in [5.41, 5.74) is 18.8. The van der Waals surface area contributed by atoms with Gasteiger partial charge in [0.1, 0.15) is 0 Å². The van der Waals surface area contributed by atoms with Crippen LogP contribution in [-0.4, -0.2) is 14.1 Å². The van der Waals surface area contributed by atoms with E-state index in [9.17, 15) is 0 Å². The van der Waals surface area contributed by atoms with E-state index in [1.807, 2.05) is 0 Å². The van der Waals surface area contributed by atoms with E-state index in [0.29, 0.717) is 0 Å². The third-order valence-electron chi connectivity index (χ3n) is 13.8. The molecule has 0 radical (unpaired) electrons. The number of anilines is 10. The van der Waals surface area contributed by atoms with Crippen molar-refractivity contribution in [2.45, 2.75) is 0 Å². The van der Waals surface area contributed by atoms with E-state index in [4.69, 9.17) is 0 Å². The monoisotopic (exact) mass is 844 g/mol. The molecule has 0 spiro atoms. The summed E-state index contributed by atoms with van der Waals surface area (Å²) < 4.78 is 0. The lowest BCUT2D eigenvalue weighted by Crippen LogP contribution is -2.24. The first-order valence-electron chi connectivity index (χ1n) is 22.7. The fourth-order valence-corrected chi connectivity index (χ4v) is 10.7.